The zero-order valence-corrected chi connectivity index (χ0v) is 19.3. The highest BCUT2D eigenvalue weighted by Gasteiger charge is 2.36. The Kier molecular flexibility index (Phi) is 9.46. The van der Waals surface area contributed by atoms with Gasteiger partial charge in [-0.2, -0.15) is 0 Å². The molecule has 1 aromatic rings. The quantitative estimate of drug-likeness (QED) is 0.351. The van der Waals surface area contributed by atoms with Crippen molar-refractivity contribution in [2.45, 2.75) is 51.6 Å². The minimum atomic E-state index is 0.0793. The number of nitrogens with one attached hydrogen (secondary N) is 3. The summed E-state index contributed by atoms with van der Waals surface area (Å²) in [5.41, 5.74) is 12.9. The van der Waals surface area contributed by atoms with Crippen LogP contribution in [0, 0.1) is 16.7 Å². The molecule has 2 rings (SSSR count). The van der Waals surface area contributed by atoms with E-state index < -0.39 is 0 Å². The van der Waals surface area contributed by atoms with Crippen molar-refractivity contribution in [3.05, 3.63) is 52.7 Å². The Morgan fingerprint density at radius 2 is 1.77 bits per heavy atom. The lowest BCUT2D eigenvalue weighted by atomic mass is 9.76. The van der Waals surface area contributed by atoms with Crippen molar-refractivity contribution in [3.8, 4) is 0 Å². The number of hydrogen-bond acceptors (Lipinski definition) is 5. The molecule has 0 bridgehead atoms. The lowest BCUT2D eigenvalue weighted by Crippen LogP contribution is -2.57. The number of hydrogen-bond donors (Lipinski definition) is 5. The summed E-state index contributed by atoms with van der Waals surface area (Å²) < 4.78 is 0. The number of nitrogens with zero attached hydrogens (tertiary/aromatic N) is 1. The average molecular weight is 431 g/mol. The molecule has 7 heteroatoms. The molecule has 1 aliphatic heterocycles. The SMILES string of the molecule is CC1(C)CC(/C=C\C(=N)c2ccc(/C(C=N)=C/N)cc2Cl)CC(C)(C)N1.CN=CN. The van der Waals surface area contributed by atoms with Gasteiger partial charge in [-0.15, -0.1) is 0 Å². The first-order chi connectivity index (χ1) is 14.0. The zero-order chi connectivity index (χ0) is 22.9. The molecule has 6 nitrogen and oxygen atoms in total. The average Bonchev–Trinajstić information content (AvgIpc) is 2.65. The van der Waals surface area contributed by atoms with Crippen molar-refractivity contribution in [2.75, 3.05) is 7.05 Å². The number of nitrogens with two attached hydrogens (primary N) is 2. The minimum Gasteiger partial charge on any atom is -0.404 e. The largest absolute Gasteiger partial charge is 0.404 e. The number of halogens is 1. The Morgan fingerprint density at radius 3 is 2.20 bits per heavy atom. The van der Waals surface area contributed by atoms with E-state index in [-0.39, 0.29) is 11.1 Å². The maximum absolute atomic E-state index is 8.38. The molecule has 7 N–H and O–H groups in total. The molecule has 1 fully saturated rings. The zero-order valence-electron chi connectivity index (χ0n) is 18.6. The monoisotopic (exact) mass is 430 g/mol. The third-order valence-corrected chi connectivity index (χ3v) is 5.15. The molecule has 1 aliphatic rings. The maximum atomic E-state index is 8.38. The molecular weight excluding hydrogens is 396 g/mol. The van der Waals surface area contributed by atoms with Gasteiger partial charge in [0.05, 0.1) is 17.1 Å². The van der Waals surface area contributed by atoms with Gasteiger partial charge in [-0.25, -0.2) is 0 Å². The van der Waals surface area contributed by atoms with E-state index in [9.17, 15) is 0 Å². The molecule has 0 saturated carbocycles. The Bertz CT molecular complexity index is 816. The van der Waals surface area contributed by atoms with Gasteiger partial charge in [-0.3, -0.25) is 4.99 Å². The Morgan fingerprint density at radius 1 is 1.20 bits per heavy atom. The summed E-state index contributed by atoms with van der Waals surface area (Å²) in [6.45, 7) is 8.89. The van der Waals surface area contributed by atoms with Gasteiger partial charge in [-0.1, -0.05) is 29.8 Å². The summed E-state index contributed by atoms with van der Waals surface area (Å²) in [4.78, 5) is 3.39. The van der Waals surface area contributed by atoms with Crippen LogP contribution in [0.15, 0.2) is 41.5 Å². The standard InChI is InChI=1S/C21H29ClN4.C2H6N2/c1-20(2)10-14(11-21(3,4)26-20)5-8-19(25)17-7-6-15(9-18(17)22)16(12-23)13-24;1-4-2-3/h5-9,12-14,23,25-26H,10-11,24H2,1-4H3;2H,1H3,(H2,3,4)/b8-5-,16-13+,23-12?,25-19?;. The summed E-state index contributed by atoms with van der Waals surface area (Å²) in [5.74, 6) is 0.421. The van der Waals surface area contributed by atoms with Crippen molar-refractivity contribution in [3.63, 3.8) is 0 Å². The molecular formula is C23H35ClN6. The normalized spacial score (nSPS) is 18.8. The van der Waals surface area contributed by atoms with Gasteiger partial charge >= 0.3 is 0 Å². The second-order valence-corrected chi connectivity index (χ2v) is 9.11. The Hall–Kier alpha value is -2.44. The predicted molar refractivity (Wildman–Crippen MR) is 131 cm³/mol. The number of rotatable bonds is 5. The molecule has 1 saturated heterocycles. The van der Waals surface area contributed by atoms with E-state index in [0.717, 1.165) is 18.4 Å². The molecule has 30 heavy (non-hydrogen) atoms. The van der Waals surface area contributed by atoms with Gasteiger partial charge in [0.25, 0.3) is 0 Å². The van der Waals surface area contributed by atoms with Crippen LogP contribution in [0.2, 0.25) is 5.02 Å². The van der Waals surface area contributed by atoms with Crippen LogP contribution in [-0.4, -0.2) is 36.4 Å². The fourth-order valence-electron chi connectivity index (χ4n) is 4.00. The third kappa shape index (κ3) is 7.76. The van der Waals surface area contributed by atoms with Crippen molar-refractivity contribution >= 4 is 35.4 Å². The van der Waals surface area contributed by atoms with Crippen LogP contribution in [0.3, 0.4) is 0 Å². The molecule has 0 amide bonds. The summed E-state index contributed by atoms with van der Waals surface area (Å²) in [7, 11) is 1.62. The number of benzene rings is 1. The first kappa shape index (κ1) is 25.6. The lowest BCUT2D eigenvalue weighted by molar-refractivity contribution is 0.150. The van der Waals surface area contributed by atoms with E-state index in [1.165, 1.54) is 18.8 Å². The third-order valence-electron chi connectivity index (χ3n) is 4.83. The number of aliphatic imine (C=N–C) groups is 1. The van der Waals surface area contributed by atoms with Gasteiger partial charge in [0.15, 0.2) is 0 Å². The van der Waals surface area contributed by atoms with Crippen molar-refractivity contribution < 1.29 is 0 Å². The second kappa shape index (κ2) is 11.1. The molecule has 0 atom stereocenters. The molecule has 0 radical (unpaired) electrons. The van der Waals surface area contributed by atoms with Crippen LogP contribution in [0.25, 0.3) is 5.57 Å². The fraction of sp³-hybridized carbons (Fsp3) is 0.435. The van der Waals surface area contributed by atoms with Gasteiger partial charge in [0, 0.05) is 41.7 Å². The molecule has 1 heterocycles. The van der Waals surface area contributed by atoms with E-state index >= 15 is 0 Å². The Balaban J connectivity index is 0.00000103. The first-order valence-electron chi connectivity index (χ1n) is 9.89. The molecule has 1 aromatic carbocycles. The summed E-state index contributed by atoms with van der Waals surface area (Å²) in [6, 6.07) is 5.40. The van der Waals surface area contributed by atoms with Crippen molar-refractivity contribution in [1.29, 1.82) is 10.8 Å². The highest BCUT2D eigenvalue weighted by atomic mass is 35.5. The van der Waals surface area contributed by atoms with Crippen LogP contribution in [0.5, 0.6) is 0 Å². The van der Waals surface area contributed by atoms with E-state index in [4.69, 9.17) is 33.9 Å². The van der Waals surface area contributed by atoms with Crippen molar-refractivity contribution in [1.82, 2.24) is 5.32 Å². The molecule has 164 valence electrons. The van der Waals surface area contributed by atoms with E-state index in [1.54, 1.807) is 13.1 Å². The maximum Gasteiger partial charge on any atom is 0.0794 e. The summed E-state index contributed by atoms with van der Waals surface area (Å²) >= 11 is 6.37. The smallest absolute Gasteiger partial charge is 0.0794 e. The minimum absolute atomic E-state index is 0.0793. The van der Waals surface area contributed by atoms with Crippen LogP contribution < -0.4 is 16.8 Å². The number of piperidine rings is 1. The molecule has 0 aliphatic carbocycles. The highest BCUT2D eigenvalue weighted by molar-refractivity contribution is 6.35. The van der Waals surface area contributed by atoms with Crippen molar-refractivity contribution in [2.24, 2.45) is 22.4 Å². The van der Waals surface area contributed by atoms with Crippen LogP contribution in [0.1, 0.15) is 51.7 Å². The van der Waals surface area contributed by atoms with Gasteiger partial charge < -0.3 is 27.6 Å². The first-order valence-corrected chi connectivity index (χ1v) is 10.3. The van der Waals surface area contributed by atoms with E-state index in [1.807, 2.05) is 18.2 Å². The summed E-state index contributed by atoms with van der Waals surface area (Å²) in [6.07, 6.45) is 9.90. The van der Waals surface area contributed by atoms with Gasteiger partial charge in [0.2, 0.25) is 0 Å². The molecule has 0 spiro atoms. The van der Waals surface area contributed by atoms with Gasteiger partial charge in [-0.05, 0) is 64.2 Å². The van der Waals surface area contributed by atoms with Gasteiger partial charge in [0.1, 0.15) is 0 Å². The van der Waals surface area contributed by atoms with E-state index in [2.05, 4.69) is 44.1 Å². The van der Waals surface area contributed by atoms with Crippen LogP contribution in [-0.2, 0) is 0 Å². The highest BCUT2D eigenvalue weighted by Crippen LogP contribution is 2.33. The van der Waals surface area contributed by atoms with Crippen LogP contribution in [0.4, 0.5) is 0 Å². The second-order valence-electron chi connectivity index (χ2n) is 8.70. The number of allylic oxidation sites excluding steroid dienone is 3. The molecule has 0 unspecified atom stereocenters. The fourth-order valence-corrected chi connectivity index (χ4v) is 4.28. The Labute approximate surface area is 185 Å². The predicted octanol–water partition coefficient (Wildman–Crippen LogP) is 4.37. The van der Waals surface area contributed by atoms with E-state index in [0.29, 0.717) is 27.8 Å². The van der Waals surface area contributed by atoms with Crippen LogP contribution >= 0.6 is 11.6 Å². The topological polar surface area (TPSA) is 124 Å². The summed E-state index contributed by atoms with van der Waals surface area (Å²) in [5, 5.41) is 19.9. The molecule has 0 aromatic heterocycles. The lowest BCUT2D eigenvalue weighted by Gasteiger charge is -2.45.